The van der Waals surface area contributed by atoms with Crippen molar-refractivity contribution in [3.63, 3.8) is 0 Å². The molecule has 2 fully saturated rings. The maximum absolute atomic E-state index is 12.4. The van der Waals surface area contributed by atoms with Gasteiger partial charge in [0.1, 0.15) is 0 Å². The van der Waals surface area contributed by atoms with Gasteiger partial charge < -0.3 is 24.7 Å². The fourth-order valence-electron chi connectivity index (χ4n) is 2.59. The molecular formula is C13H22N2O5. The molecule has 0 aromatic carbocycles. The first kappa shape index (κ1) is 15.1. The number of rotatable bonds is 2. The molecule has 114 valence electrons. The molecule has 2 aliphatic rings. The molecule has 2 N–H and O–H groups in total. The molecule has 1 unspecified atom stereocenters. The molecule has 0 aromatic rings. The topological polar surface area (TPSA) is 90.3 Å². The van der Waals surface area contributed by atoms with Crippen LogP contribution in [0.3, 0.4) is 0 Å². The van der Waals surface area contributed by atoms with Crippen molar-refractivity contribution in [3.05, 3.63) is 0 Å². The van der Waals surface area contributed by atoms with Crippen LogP contribution in [0.1, 0.15) is 26.2 Å². The summed E-state index contributed by atoms with van der Waals surface area (Å²) < 4.78 is 5.36. The monoisotopic (exact) mass is 286 g/mol. The van der Waals surface area contributed by atoms with Crippen molar-refractivity contribution in [3.8, 4) is 0 Å². The van der Waals surface area contributed by atoms with E-state index in [-0.39, 0.29) is 12.5 Å². The molecule has 0 saturated carbocycles. The maximum Gasteiger partial charge on any atom is 0.320 e. The molecule has 1 atom stereocenters. The third-order valence-corrected chi connectivity index (χ3v) is 3.92. The van der Waals surface area contributed by atoms with Crippen LogP contribution in [0.15, 0.2) is 0 Å². The molecule has 2 saturated heterocycles. The number of aliphatic hydroxyl groups is 1. The first-order valence-electron chi connectivity index (χ1n) is 6.97. The summed E-state index contributed by atoms with van der Waals surface area (Å²) in [6, 6.07) is -0.0841. The van der Waals surface area contributed by atoms with Gasteiger partial charge in [0.05, 0.1) is 24.7 Å². The Bertz CT molecular complexity index is 375. The Morgan fingerprint density at radius 2 is 1.90 bits per heavy atom. The Kier molecular flexibility index (Phi) is 4.49. The van der Waals surface area contributed by atoms with Gasteiger partial charge in [0, 0.05) is 26.2 Å². The van der Waals surface area contributed by atoms with Crippen LogP contribution in [0.25, 0.3) is 0 Å². The molecule has 2 heterocycles. The number of piperidine rings is 1. The van der Waals surface area contributed by atoms with Crippen molar-refractivity contribution in [2.24, 2.45) is 0 Å². The molecule has 0 radical (unpaired) electrons. The molecule has 2 rings (SSSR count). The van der Waals surface area contributed by atoms with E-state index in [9.17, 15) is 14.7 Å². The first-order valence-corrected chi connectivity index (χ1v) is 6.97. The van der Waals surface area contributed by atoms with Gasteiger partial charge in [-0.25, -0.2) is 4.79 Å². The summed E-state index contributed by atoms with van der Waals surface area (Å²) in [7, 11) is 0. The SMILES string of the molecule is CC1(O)CCN(C(=O)N2CCOC(CC(=O)O)C2)CC1. The van der Waals surface area contributed by atoms with Crippen molar-refractivity contribution < 1.29 is 24.5 Å². The summed E-state index contributed by atoms with van der Waals surface area (Å²) in [6.07, 6.45) is 0.625. The maximum atomic E-state index is 12.4. The molecule has 20 heavy (non-hydrogen) atoms. The minimum absolute atomic E-state index is 0.0841. The van der Waals surface area contributed by atoms with Crippen LogP contribution >= 0.6 is 0 Å². The highest BCUT2D eigenvalue weighted by Crippen LogP contribution is 2.22. The largest absolute Gasteiger partial charge is 0.481 e. The molecule has 2 amide bonds. The van der Waals surface area contributed by atoms with Crippen molar-refractivity contribution >= 4 is 12.0 Å². The standard InChI is InChI=1S/C13H22N2O5/c1-13(19)2-4-14(5-3-13)12(18)15-6-7-20-10(9-15)8-11(16)17/h10,19H,2-9H2,1H3,(H,16,17). The van der Waals surface area contributed by atoms with Gasteiger partial charge in [-0.3, -0.25) is 4.79 Å². The van der Waals surface area contributed by atoms with Crippen molar-refractivity contribution in [2.45, 2.75) is 37.9 Å². The van der Waals surface area contributed by atoms with Gasteiger partial charge in [-0.1, -0.05) is 0 Å². The second-order valence-corrected chi connectivity index (χ2v) is 5.80. The molecule has 2 aliphatic heterocycles. The fourth-order valence-corrected chi connectivity index (χ4v) is 2.59. The van der Waals surface area contributed by atoms with Crippen LogP contribution in [0, 0.1) is 0 Å². The lowest BCUT2D eigenvalue weighted by Gasteiger charge is -2.40. The second kappa shape index (κ2) is 5.97. The summed E-state index contributed by atoms with van der Waals surface area (Å²) in [6.45, 7) is 4.03. The molecule has 0 spiro atoms. The number of carbonyl (C=O) groups is 2. The Morgan fingerprint density at radius 3 is 2.50 bits per heavy atom. The van der Waals surface area contributed by atoms with E-state index < -0.39 is 17.7 Å². The van der Waals surface area contributed by atoms with E-state index >= 15 is 0 Å². The number of hydrogen-bond donors (Lipinski definition) is 2. The minimum Gasteiger partial charge on any atom is -0.481 e. The number of nitrogens with zero attached hydrogens (tertiary/aromatic N) is 2. The molecule has 0 bridgehead atoms. The zero-order valence-electron chi connectivity index (χ0n) is 11.7. The quantitative estimate of drug-likeness (QED) is 0.753. The number of carbonyl (C=O) groups excluding carboxylic acids is 1. The Morgan fingerprint density at radius 1 is 1.25 bits per heavy atom. The first-order chi connectivity index (χ1) is 9.37. The zero-order valence-corrected chi connectivity index (χ0v) is 11.7. The summed E-state index contributed by atoms with van der Waals surface area (Å²) >= 11 is 0. The van der Waals surface area contributed by atoms with E-state index in [4.69, 9.17) is 9.84 Å². The Hall–Kier alpha value is -1.34. The highest BCUT2D eigenvalue weighted by Gasteiger charge is 2.33. The number of hydrogen-bond acceptors (Lipinski definition) is 4. The van der Waals surface area contributed by atoms with E-state index in [1.54, 1.807) is 16.7 Å². The third kappa shape index (κ3) is 3.83. The third-order valence-electron chi connectivity index (χ3n) is 3.92. The number of carboxylic acids is 1. The van der Waals surface area contributed by atoms with E-state index in [0.29, 0.717) is 45.6 Å². The van der Waals surface area contributed by atoms with Crippen LogP contribution in [-0.2, 0) is 9.53 Å². The van der Waals surface area contributed by atoms with Gasteiger partial charge in [0.25, 0.3) is 0 Å². The minimum atomic E-state index is -0.918. The fraction of sp³-hybridized carbons (Fsp3) is 0.846. The number of carboxylic acid groups (broad SMARTS) is 1. The van der Waals surface area contributed by atoms with Gasteiger partial charge in [-0.05, 0) is 19.8 Å². The Balaban J connectivity index is 1.87. The summed E-state index contributed by atoms with van der Waals surface area (Å²) in [4.78, 5) is 26.4. The molecule has 7 nitrogen and oxygen atoms in total. The lowest BCUT2D eigenvalue weighted by molar-refractivity contribution is -0.141. The van der Waals surface area contributed by atoms with Crippen LogP contribution in [0.2, 0.25) is 0 Å². The van der Waals surface area contributed by atoms with Crippen molar-refractivity contribution in [1.29, 1.82) is 0 Å². The number of morpholine rings is 1. The number of aliphatic carboxylic acids is 1. The summed E-state index contributed by atoms with van der Waals surface area (Å²) in [5.41, 5.74) is -0.687. The van der Waals surface area contributed by atoms with E-state index in [1.165, 1.54) is 0 Å². The van der Waals surface area contributed by atoms with E-state index in [1.807, 2.05) is 0 Å². The van der Waals surface area contributed by atoms with Crippen molar-refractivity contribution in [1.82, 2.24) is 9.80 Å². The second-order valence-electron chi connectivity index (χ2n) is 5.80. The summed E-state index contributed by atoms with van der Waals surface area (Å²) in [5.74, 6) is -0.918. The lowest BCUT2D eigenvalue weighted by atomic mass is 9.94. The van der Waals surface area contributed by atoms with Gasteiger partial charge >= 0.3 is 12.0 Å². The predicted molar refractivity (Wildman–Crippen MR) is 70.4 cm³/mol. The Labute approximate surface area is 118 Å². The number of amides is 2. The number of likely N-dealkylation sites (tertiary alicyclic amines) is 1. The molecule has 0 aromatic heterocycles. The zero-order chi connectivity index (χ0) is 14.8. The number of ether oxygens (including phenoxy) is 1. The van der Waals surface area contributed by atoms with E-state index in [2.05, 4.69) is 0 Å². The number of urea groups is 1. The van der Waals surface area contributed by atoms with Gasteiger partial charge in [0.2, 0.25) is 0 Å². The highest BCUT2D eigenvalue weighted by atomic mass is 16.5. The normalized spacial score (nSPS) is 26.4. The van der Waals surface area contributed by atoms with Crippen LogP contribution < -0.4 is 0 Å². The lowest BCUT2D eigenvalue weighted by Crippen LogP contribution is -2.54. The molecule has 7 heteroatoms. The van der Waals surface area contributed by atoms with E-state index in [0.717, 1.165) is 0 Å². The average molecular weight is 286 g/mol. The molecular weight excluding hydrogens is 264 g/mol. The smallest absolute Gasteiger partial charge is 0.320 e. The van der Waals surface area contributed by atoms with Crippen LogP contribution in [-0.4, -0.2) is 76.5 Å². The van der Waals surface area contributed by atoms with Crippen molar-refractivity contribution in [2.75, 3.05) is 32.8 Å². The van der Waals surface area contributed by atoms with Gasteiger partial charge in [-0.15, -0.1) is 0 Å². The predicted octanol–water partition coefficient (Wildman–Crippen LogP) is 0.129. The average Bonchev–Trinajstić information content (AvgIpc) is 2.37. The highest BCUT2D eigenvalue weighted by molar-refractivity contribution is 5.75. The van der Waals surface area contributed by atoms with Crippen LogP contribution in [0.5, 0.6) is 0 Å². The molecule has 0 aliphatic carbocycles. The van der Waals surface area contributed by atoms with Gasteiger partial charge in [0.15, 0.2) is 0 Å². The van der Waals surface area contributed by atoms with Crippen LogP contribution in [0.4, 0.5) is 4.79 Å². The van der Waals surface area contributed by atoms with Gasteiger partial charge in [-0.2, -0.15) is 0 Å². The summed E-state index contributed by atoms with van der Waals surface area (Å²) in [5, 5.41) is 18.7.